The molecule has 0 unspecified atom stereocenters. The molecule has 10 heteroatoms. The Kier molecular flexibility index (Phi) is 2.89. The van der Waals surface area contributed by atoms with Crippen LogP contribution in [0.5, 0.6) is 0 Å². The summed E-state index contributed by atoms with van der Waals surface area (Å²) in [4.78, 5) is 42.3. The fraction of sp³-hybridized carbons (Fsp3) is 0.267. The number of fused-ring (bicyclic) bond motifs is 2. The highest BCUT2D eigenvalue weighted by Crippen LogP contribution is 2.23. The average molecular weight is 342 g/mol. The number of hydrogen-bond donors (Lipinski definition) is 1. The number of nitrogens with zero attached hydrogens (tertiary/aromatic N) is 5. The van der Waals surface area contributed by atoms with E-state index in [2.05, 4.69) is 15.1 Å². The Morgan fingerprint density at radius 1 is 1.12 bits per heavy atom. The maximum atomic E-state index is 12.2. The molecule has 0 radical (unpaired) electrons. The summed E-state index contributed by atoms with van der Waals surface area (Å²) < 4.78 is 9.42. The minimum atomic E-state index is -0.564. The van der Waals surface area contributed by atoms with Crippen molar-refractivity contribution in [2.24, 2.45) is 14.1 Å². The van der Waals surface area contributed by atoms with Crippen LogP contribution in [0.4, 0.5) is 0 Å². The van der Waals surface area contributed by atoms with E-state index in [4.69, 9.17) is 4.42 Å². The third-order valence-corrected chi connectivity index (χ3v) is 4.24. The fourth-order valence-electron chi connectivity index (χ4n) is 3.05. The third-order valence-electron chi connectivity index (χ3n) is 4.24. The van der Waals surface area contributed by atoms with E-state index in [1.165, 1.54) is 26.9 Å². The Labute approximate surface area is 138 Å². The Balaban J connectivity index is 2.19. The molecule has 0 bridgehead atoms. The Morgan fingerprint density at radius 3 is 2.56 bits per heavy atom. The van der Waals surface area contributed by atoms with Crippen molar-refractivity contribution in [2.75, 3.05) is 0 Å². The highest BCUT2D eigenvalue weighted by molar-refractivity contribution is 5.82. The van der Waals surface area contributed by atoms with Gasteiger partial charge in [0.15, 0.2) is 11.2 Å². The predicted octanol–water partition coefficient (Wildman–Crippen LogP) is -0.131. The molecule has 0 aliphatic heterocycles. The van der Waals surface area contributed by atoms with Gasteiger partial charge in [0.05, 0.1) is 11.1 Å². The standard InChI is InChI=1S/C15H14N6O4/c1-6-5-8(22)25-13-9(6)7(2)18-21(13)14-16-11-10(19(14)3)12(23)17-15(24)20(11)4/h5H,1-4H3,(H,17,23,24). The molecule has 0 fully saturated rings. The minimum Gasteiger partial charge on any atom is -0.403 e. The normalized spacial score (nSPS) is 11.7. The van der Waals surface area contributed by atoms with Crippen molar-refractivity contribution in [2.45, 2.75) is 13.8 Å². The van der Waals surface area contributed by atoms with Gasteiger partial charge in [0.2, 0.25) is 11.7 Å². The quantitative estimate of drug-likeness (QED) is 0.514. The first-order chi connectivity index (χ1) is 11.8. The topological polar surface area (TPSA) is 121 Å². The summed E-state index contributed by atoms with van der Waals surface area (Å²) in [6, 6.07) is 1.39. The lowest BCUT2D eigenvalue weighted by atomic mass is 10.2. The molecule has 0 aromatic carbocycles. The largest absolute Gasteiger partial charge is 0.403 e. The van der Waals surface area contributed by atoms with Crippen LogP contribution in [-0.4, -0.2) is 28.9 Å². The molecule has 0 atom stereocenters. The van der Waals surface area contributed by atoms with Crippen LogP contribution < -0.4 is 16.9 Å². The van der Waals surface area contributed by atoms with Crippen molar-refractivity contribution in [3.63, 3.8) is 0 Å². The molecule has 0 aliphatic rings. The van der Waals surface area contributed by atoms with Crippen molar-refractivity contribution >= 4 is 22.3 Å². The van der Waals surface area contributed by atoms with Gasteiger partial charge in [-0.2, -0.15) is 14.8 Å². The van der Waals surface area contributed by atoms with Crippen molar-refractivity contribution in [1.82, 2.24) is 28.9 Å². The Hall–Kier alpha value is -3.43. The first-order valence-corrected chi connectivity index (χ1v) is 7.45. The monoisotopic (exact) mass is 342 g/mol. The number of rotatable bonds is 1. The zero-order valence-electron chi connectivity index (χ0n) is 13.9. The van der Waals surface area contributed by atoms with Gasteiger partial charge in [0.25, 0.3) is 5.56 Å². The number of aromatic amines is 1. The van der Waals surface area contributed by atoms with E-state index in [-0.39, 0.29) is 22.8 Å². The summed E-state index contributed by atoms with van der Waals surface area (Å²) in [5, 5.41) is 5.10. The zero-order chi connectivity index (χ0) is 18.0. The van der Waals surface area contributed by atoms with Gasteiger partial charge >= 0.3 is 11.3 Å². The molecule has 1 N–H and O–H groups in total. The SMILES string of the molecule is Cc1cc(=O)oc2c1c(C)nn2-c1nc2c(c(=O)[nH]c(=O)n2C)n1C. The molecule has 4 rings (SSSR count). The number of aryl methyl sites for hydroxylation is 4. The highest BCUT2D eigenvalue weighted by atomic mass is 16.4. The van der Waals surface area contributed by atoms with Crippen LogP contribution in [0.15, 0.2) is 24.9 Å². The molecule has 128 valence electrons. The lowest BCUT2D eigenvalue weighted by Gasteiger charge is -2.02. The number of H-pyrrole nitrogens is 1. The molecular formula is C15H14N6O4. The molecule has 0 amide bonds. The van der Waals surface area contributed by atoms with Crippen LogP contribution in [0.2, 0.25) is 0 Å². The molecule has 25 heavy (non-hydrogen) atoms. The maximum Gasteiger partial charge on any atom is 0.337 e. The Bertz CT molecular complexity index is 1350. The number of aromatic nitrogens is 6. The summed E-state index contributed by atoms with van der Waals surface area (Å²) in [5.41, 5.74) is 0.440. The van der Waals surface area contributed by atoms with Gasteiger partial charge in [0, 0.05) is 20.2 Å². The molecule has 0 saturated heterocycles. The summed E-state index contributed by atoms with van der Waals surface area (Å²) >= 11 is 0. The first-order valence-electron chi connectivity index (χ1n) is 7.45. The van der Waals surface area contributed by atoms with Gasteiger partial charge in [-0.25, -0.2) is 9.59 Å². The lowest BCUT2D eigenvalue weighted by molar-refractivity contribution is 0.529. The van der Waals surface area contributed by atoms with E-state index in [0.29, 0.717) is 11.1 Å². The summed E-state index contributed by atoms with van der Waals surface area (Å²) in [5.74, 6) is 0.258. The predicted molar refractivity (Wildman–Crippen MR) is 89.2 cm³/mol. The van der Waals surface area contributed by atoms with Crippen LogP contribution in [-0.2, 0) is 14.1 Å². The summed E-state index contributed by atoms with van der Waals surface area (Å²) in [6.45, 7) is 3.58. The second-order valence-corrected chi connectivity index (χ2v) is 5.89. The van der Waals surface area contributed by atoms with Gasteiger partial charge in [0.1, 0.15) is 0 Å². The van der Waals surface area contributed by atoms with E-state index >= 15 is 0 Å². The Morgan fingerprint density at radius 2 is 1.84 bits per heavy atom. The second kappa shape index (κ2) is 4.79. The summed E-state index contributed by atoms with van der Waals surface area (Å²) in [6.07, 6.45) is 0. The minimum absolute atomic E-state index is 0.211. The second-order valence-electron chi connectivity index (χ2n) is 5.89. The van der Waals surface area contributed by atoms with Gasteiger partial charge in [-0.1, -0.05) is 0 Å². The van der Waals surface area contributed by atoms with Crippen LogP contribution in [0.1, 0.15) is 11.3 Å². The molecule has 10 nitrogen and oxygen atoms in total. The zero-order valence-corrected chi connectivity index (χ0v) is 13.9. The van der Waals surface area contributed by atoms with Crippen molar-refractivity contribution < 1.29 is 4.42 Å². The molecule has 0 spiro atoms. The molecular weight excluding hydrogens is 328 g/mol. The molecule has 4 heterocycles. The molecule has 4 aromatic rings. The van der Waals surface area contributed by atoms with E-state index in [9.17, 15) is 14.4 Å². The van der Waals surface area contributed by atoms with Gasteiger partial charge < -0.3 is 8.98 Å². The molecule has 0 saturated carbocycles. The fourth-order valence-corrected chi connectivity index (χ4v) is 3.05. The smallest absolute Gasteiger partial charge is 0.337 e. The maximum absolute atomic E-state index is 12.2. The average Bonchev–Trinajstić information content (AvgIpc) is 3.03. The van der Waals surface area contributed by atoms with Gasteiger partial charge in [-0.15, -0.1) is 0 Å². The van der Waals surface area contributed by atoms with Gasteiger partial charge in [-0.3, -0.25) is 14.3 Å². The molecule has 4 aromatic heterocycles. The van der Waals surface area contributed by atoms with Crippen molar-refractivity contribution in [3.8, 4) is 5.95 Å². The first kappa shape index (κ1) is 15.1. The number of imidazole rings is 1. The highest BCUT2D eigenvalue weighted by Gasteiger charge is 2.21. The van der Waals surface area contributed by atoms with E-state index in [0.717, 1.165) is 5.56 Å². The van der Waals surface area contributed by atoms with E-state index in [1.54, 1.807) is 20.9 Å². The number of nitrogens with one attached hydrogen (secondary N) is 1. The third kappa shape index (κ3) is 1.93. The summed E-state index contributed by atoms with van der Waals surface area (Å²) in [7, 11) is 3.13. The van der Waals surface area contributed by atoms with Crippen molar-refractivity contribution in [3.05, 3.63) is 48.6 Å². The van der Waals surface area contributed by atoms with Crippen LogP contribution in [0, 0.1) is 13.8 Å². The van der Waals surface area contributed by atoms with Crippen LogP contribution in [0.3, 0.4) is 0 Å². The van der Waals surface area contributed by atoms with Crippen LogP contribution in [0.25, 0.3) is 28.2 Å². The molecule has 0 aliphatic carbocycles. The van der Waals surface area contributed by atoms with Crippen LogP contribution >= 0.6 is 0 Å². The lowest BCUT2D eigenvalue weighted by Crippen LogP contribution is -2.29. The number of hydrogen-bond acceptors (Lipinski definition) is 6. The van der Waals surface area contributed by atoms with Gasteiger partial charge in [-0.05, 0) is 19.4 Å². The van der Waals surface area contributed by atoms with E-state index < -0.39 is 16.9 Å². The van der Waals surface area contributed by atoms with E-state index in [1.807, 2.05) is 0 Å². The van der Waals surface area contributed by atoms with Crippen molar-refractivity contribution in [1.29, 1.82) is 0 Å².